The topological polar surface area (TPSA) is 62.6 Å². The van der Waals surface area contributed by atoms with E-state index in [1.165, 1.54) is 0 Å². The first kappa shape index (κ1) is 13.6. The van der Waals surface area contributed by atoms with Crippen molar-refractivity contribution in [3.05, 3.63) is 23.2 Å². The fourth-order valence-electron chi connectivity index (χ4n) is 2.36. The molecule has 1 aliphatic rings. The van der Waals surface area contributed by atoms with E-state index in [2.05, 4.69) is 5.32 Å². The monoisotopic (exact) mass is 264 g/mol. The molecule has 2 rings (SSSR count). The lowest BCUT2D eigenvalue weighted by Gasteiger charge is -2.15. The zero-order valence-corrected chi connectivity index (χ0v) is 11.5. The summed E-state index contributed by atoms with van der Waals surface area (Å²) < 4.78 is 5.31. The predicted molar refractivity (Wildman–Crippen MR) is 70.9 cm³/mol. The van der Waals surface area contributed by atoms with Gasteiger partial charge in [0.25, 0.3) is 5.91 Å². The zero-order valence-electron chi connectivity index (χ0n) is 11.5. The van der Waals surface area contributed by atoms with E-state index in [0.717, 1.165) is 31.7 Å². The molecule has 19 heavy (non-hydrogen) atoms. The number of furan rings is 1. The SMILES string of the molecule is Cc1cc(C(=O)NCCC(=O)N2CCCC2)c(C)o1. The Kier molecular flexibility index (Phi) is 4.24. The Morgan fingerprint density at radius 2 is 2.00 bits per heavy atom. The number of nitrogens with zero attached hydrogens (tertiary/aromatic N) is 1. The summed E-state index contributed by atoms with van der Waals surface area (Å²) in [5.74, 6) is 1.28. The number of nitrogens with one attached hydrogen (secondary N) is 1. The van der Waals surface area contributed by atoms with Crippen LogP contribution in [-0.4, -0.2) is 36.3 Å². The van der Waals surface area contributed by atoms with Gasteiger partial charge >= 0.3 is 0 Å². The standard InChI is InChI=1S/C14H20N2O3/c1-10-9-12(11(2)19-10)14(18)15-6-5-13(17)16-7-3-4-8-16/h9H,3-8H2,1-2H3,(H,15,18). The third-order valence-corrected chi connectivity index (χ3v) is 3.37. The van der Waals surface area contributed by atoms with Crippen LogP contribution in [0.4, 0.5) is 0 Å². The number of carbonyl (C=O) groups excluding carboxylic acids is 2. The Morgan fingerprint density at radius 1 is 1.32 bits per heavy atom. The van der Waals surface area contributed by atoms with Crippen LogP contribution in [0.3, 0.4) is 0 Å². The summed E-state index contributed by atoms with van der Waals surface area (Å²) in [5, 5.41) is 2.76. The predicted octanol–water partition coefficient (Wildman–Crippen LogP) is 1.64. The Hall–Kier alpha value is -1.78. The van der Waals surface area contributed by atoms with Gasteiger partial charge in [0.15, 0.2) is 0 Å². The molecule has 0 saturated carbocycles. The molecule has 1 saturated heterocycles. The van der Waals surface area contributed by atoms with E-state index >= 15 is 0 Å². The maximum absolute atomic E-state index is 11.9. The maximum Gasteiger partial charge on any atom is 0.254 e. The molecule has 0 radical (unpaired) electrons. The van der Waals surface area contributed by atoms with Crippen molar-refractivity contribution in [2.75, 3.05) is 19.6 Å². The number of carbonyl (C=O) groups is 2. The van der Waals surface area contributed by atoms with Gasteiger partial charge in [-0.3, -0.25) is 9.59 Å². The van der Waals surface area contributed by atoms with Gasteiger partial charge < -0.3 is 14.6 Å². The molecule has 1 N–H and O–H groups in total. The maximum atomic E-state index is 11.9. The molecule has 1 aliphatic heterocycles. The smallest absolute Gasteiger partial charge is 0.254 e. The number of rotatable bonds is 4. The zero-order chi connectivity index (χ0) is 13.8. The highest BCUT2D eigenvalue weighted by atomic mass is 16.3. The molecule has 1 aromatic rings. The van der Waals surface area contributed by atoms with E-state index in [9.17, 15) is 9.59 Å². The average molecular weight is 264 g/mol. The van der Waals surface area contributed by atoms with E-state index in [1.54, 1.807) is 19.9 Å². The second kappa shape index (κ2) is 5.91. The molecule has 1 aromatic heterocycles. The summed E-state index contributed by atoms with van der Waals surface area (Å²) in [6, 6.07) is 1.72. The van der Waals surface area contributed by atoms with Crippen molar-refractivity contribution in [1.82, 2.24) is 10.2 Å². The van der Waals surface area contributed by atoms with Crippen LogP contribution in [0.25, 0.3) is 0 Å². The lowest BCUT2D eigenvalue weighted by Crippen LogP contribution is -2.32. The summed E-state index contributed by atoms with van der Waals surface area (Å²) >= 11 is 0. The van der Waals surface area contributed by atoms with E-state index < -0.39 is 0 Å². The molecule has 2 heterocycles. The van der Waals surface area contributed by atoms with Gasteiger partial charge in [-0.05, 0) is 32.8 Å². The molecular weight excluding hydrogens is 244 g/mol. The third-order valence-electron chi connectivity index (χ3n) is 3.37. The third kappa shape index (κ3) is 3.36. The summed E-state index contributed by atoms with van der Waals surface area (Å²) in [7, 11) is 0. The minimum Gasteiger partial charge on any atom is -0.466 e. The van der Waals surface area contributed by atoms with Crippen molar-refractivity contribution < 1.29 is 14.0 Å². The second-order valence-electron chi connectivity index (χ2n) is 4.92. The molecule has 0 unspecified atom stereocenters. The molecule has 2 amide bonds. The number of hydrogen-bond donors (Lipinski definition) is 1. The Morgan fingerprint density at radius 3 is 2.58 bits per heavy atom. The second-order valence-corrected chi connectivity index (χ2v) is 4.92. The van der Waals surface area contributed by atoms with Crippen molar-refractivity contribution in [3.8, 4) is 0 Å². The molecule has 0 aliphatic carbocycles. The largest absolute Gasteiger partial charge is 0.466 e. The molecule has 0 atom stereocenters. The van der Waals surface area contributed by atoms with Crippen LogP contribution >= 0.6 is 0 Å². The van der Waals surface area contributed by atoms with Crippen LogP contribution in [-0.2, 0) is 4.79 Å². The summed E-state index contributed by atoms with van der Waals surface area (Å²) in [4.78, 5) is 25.5. The van der Waals surface area contributed by atoms with Crippen molar-refractivity contribution in [3.63, 3.8) is 0 Å². The Labute approximate surface area is 113 Å². The Balaban J connectivity index is 1.77. The van der Waals surface area contributed by atoms with E-state index in [4.69, 9.17) is 4.42 Å². The van der Waals surface area contributed by atoms with Crippen LogP contribution < -0.4 is 5.32 Å². The molecular formula is C14H20N2O3. The summed E-state index contributed by atoms with van der Waals surface area (Å²) in [6.45, 7) is 5.65. The molecule has 5 heteroatoms. The molecule has 0 bridgehead atoms. The van der Waals surface area contributed by atoms with E-state index in [1.807, 2.05) is 4.90 Å². The average Bonchev–Trinajstić information content (AvgIpc) is 2.98. The lowest BCUT2D eigenvalue weighted by atomic mass is 10.2. The summed E-state index contributed by atoms with van der Waals surface area (Å²) in [5.41, 5.74) is 0.547. The summed E-state index contributed by atoms with van der Waals surface area (Å²) in [6.07, 6.45) is 2.54. The van der Waals surface area contributed by atoms with E-state index in [0.29, 0.717) is 24.3 Å². The van der Waals surface area contributed by atoms with E-state index in [-0.39, 0.29) is 11.8 Å². The van der Waals surface area contributed by atoms with Crippen LogP contribution in [0.5, 0.6) is 0 Å². The first-order valence-electron chi connectivity index (χ1n) is 6.71. The molecule has 5 nitrogen and oxygen atoms in total. The molecule has 0 spiro atoms. The van der Waals surface area contributed by atoms with Gasteiger partial charge in [0, 0.05) is 26.1 Å². The molecule has 104 valence electrons. The fraction of sp³-hybridized carbons (Fsp3) is 0.571. The minimum atomic E-state index is -0.177. The first-order valence-corrected chi connectivity index (χ1v) is 6.71. The van der Waals surface area contributed by atoms with Crippen molar-refractivity contribution >= 4 is 11.8 Å². The number of hydrogen-bond acceptors (Lipinski definition) is 3. The van der Waals surface area contributed by atoms with Crippen LogP contribution in [0, 0.1) is 13.8 Å². The van der Waals surface area contributed by atoms with Gasteiger partial charge in [0.2, 0.25) is 5.91 Å². The highest BCUT2D eigenvalue weighted by molar-refractivity contribution is 5.95. The van der Waals surface area contributed by atoms with Crippen LogP contribution in [0.15, 0.2) is 10.5 Å². The van der Waals surface area contributed by atoms with Gasteiger partial charge in [-0.1, -0.05) is 0 Å². The normalized spacial score (nSPS) is 14.7. The highest BCUT2D eigenvalue weighted by Crippen LogP contribution is 2.13. The van der Waals surface area contributed by atoms with Crippen LogP contribution in [0.1, 0.15) is 41.1 Å². The Bertz CT molecular complexity index is 473. The molecule has 0 aromatic carbocycles. The van der Waals surface area contributed by atoms with Crippen molar-refractivity contribution in [2.45, 2.75) is 33.1 Å². The van der Waals surface area contributed by atoms with Crippen molar-refractivity contribution in [1.29, 1.82) is 0 Å². The molecule has 1 fully saturated rings. The van der Waals surface area contributed by atoms with Crippen LogP contribution in [0.2, 0.25) is 0 Å². The van der Waals surface area contributed by atoms with Gasteiger partial charge in [0.05, 0.1) is 5.56 Å². The number of amides is 2. The fourth-order valence-corrected chi connectivity index (χ4v) is 2.36. The number of aryl methyl sites for hydroxylation is 2. The van der Waals surface area contributed by atoms with Gasteiger partial charge in [-0.2, -0.15) is 0 Å². The van der Waals surface area contributed by atoms with Gasteiger partial charge in [0.1, 0.15) is 11.5 Å². The lowest BCUT2D eigenvalue weighted by molar-refractivity contribution is -0.129. The van der Waals surface area contributed by atoms with Gasteiger partial charge in [-0.25, -0.2) is 0 Å². The number of likely N-dealkylation sites (tertiary alicyclic amines) is 1. The van der Waals surface area contributed by atoms with Crippen molar-refractivity contribution in [2.24, 2.45) is 0 Å². The highest BCUT2D eigenvalue weighted by Gasteiger charge is 2.18. The quantitative estimate of drug-likeness (QED) is 0.899. The van der Waals surface area contributed by atoms with Gasteiger partial charge in [-0.15, -0.1) is 0 Å². The minimum absolute atomic E-state index is 0.123. The first-order chi connectivity index (χ1) is 9.08.